The molecule has 4 heteroatoms. The van der Waals surface area contributed by atoms with Gasteiger partial charge in [-0.1, -0.05) is 12.1 Å². The summed E-state index contributed by atoms with van der Waals surface area (Å²) in [6, 6.07) is 4.35. The molecule has 0 bridgehead atoms. The molecule has 0 spiro atoms. The first-order chi connectivity index (χ1) is 8.74. The largest absolute Gasteiger partial charge is 0.488 e. The highest BCUT2D eigenvalue weighted by molar-refractivity contribution is 5.64. The Morgan fingerprint density at radius 2 is 2.11 bits per heavy atom. The zero-order valence-corrected chi connectivity index (χ0v) is 10.2. The molecule has 2 aliphatic rings. The second kappa shape index (κ2) is 4.52. The van der Waals surface area contributed by atoms with Crippen LogP contribution in [-0.4, -0.2) is 23.8 Å². The SMILES string of the molecule is O=C(O)NCC1Cc2ccc3c(c2O1)CCCC3. The first kappa shape index (κ1) is 11.4. The quantitative estimate of drug-likeness (QED) is 0.841. The Kier molecular flexibility index (Phi) is 2.86. The Morgan fingerprint density at radius 3 is 2.94 bits per heavy atom. The summed E-state index contributed by atoms with van der Waals surface area (Å²) in [5.74, 6) is 1.03. The summed E-state index contributed by atoms with van der Waals surface area (Å²) in [6.07, 6.45) is 4.49. The molecule has 0 saturated heterocycles. The minimum Gasteiger partial charge on any atom is -0.488 e. The summed E-state index contributed by atoms with van der Waals surface area (Å²) in [7, 11) is 0. The van der Waals surface area contributed by atoms with E-state index in [1.807, 2.05) is 0 Å². The molecular formula is C14H17NO3. The van der Waals surface area contributed by atoms with Crippen LogP contribution in [0.3, 0.4) is 0 Å². The molecule has 0 aromatic heterocycles. The zero-order valence-electron chi connectivity index (χ0n) is 10.2. The Bertz CT molecular complexity index is 484. The number of rotatable bonds is 2. The van der Waals surface area contributed by atoms with Crippen molar-refractivity contribution in [2.24, 2.45) is 0 Å². The van der Waals surface area contributed by atoms with Crippen molar-refractivity contribution in [3.05, 3.63) is 28.8 Å². The average molecular weight is 247 g/mol. The van der Waals surface area contributed by atoms with Crippen LogP contribution in [0.2, 0.25) is 0 Å². The van der Waals surface area contributed by atoms with Gasteiger partial charge in [0.25, 0.3) is 0 Å². The van der Waals surface area contributed by atoms with Gasteiger partial charge in [-0.15, -0.1) is 0 Å². The summed E-state index contributed by atoms with van der Waals surface area (Å²) in [5.41, 5.74) is 4.00. The van der Waals surface area contributed by atoms with E-state index in [4.69, 9.17) is 9.84 Å². The van der Waals surface area contributed by atoms with Gasteiger partial charge in [0.05, 0.1) is 6.54 Å². The van der Waals surface area contributed by atoms with E-state index in [0.29, 0.717) is 6.54 Å². The molecule has 1 aromatic rings. The van der Waals surface area contributed by atoms with E-state index >= 15 is 0 Å². The first-order valence-electron chi connectivity index (χ1n) is 6.51. The van der Waals surface area contributed by atoms with Crippen LogP contribution < -0.4 is 10.1 Å². The van der Waals surface area contributed by atoms with Gasteiger partial charge in [0, 0.05) is 6.42 Å². The fourth-order valence-corrected chi connectivity index (χ4v) is 2.92. The number of nitrogens with one attached hydrogen (secondary N) is 1. The molecular weight excluding hydrogens is 230 g/mol. The molecule has 18 heavy (non-hydrogen) atoms. The number of hydrogen-bond acceptors (Lipinski definition) is 2. The van der Waals surface area contributed by atoms with Gasteiger partial charge >= 0.3 is 6.09 Å². The van der Waals surface area contributed by atoms with Crippen LogP contribution in [0.4, 0.5) is 4.79 Å². The number of fused-ring (bicyclic) bond motifs is 3. The molecule has 1 unspecified atom stereocenters. The lowest BCUT2D eigenvalue weighted by Gasteiger charge is -2.19. The highest BCUT2D eigenvalue weighted by Crippen LogP contribution is 2.37. The van der Waals surface area contributed by atoms with Crippen molar-refractivity contribution in [3.8, 4) is 5.75 Å². The molecule has 3 rings (SSSR count). The van der Waals surface area contributed by atoms with Crippen molar-refractivity contribution in [1.82, 2.24) is 5.32 Å². The molecule has 2 N–H and O–H groups in total. The van der Waals surface area contributed by atoms with E-state index in [-0.39, 0.29) is 6.10 Å². The van der Waals surface area contributed by atoms with Gasteiger partial charge < -0.3 is 15.2 Å². The molecule has 0 radical (unpaired) electrons. The number of amides is 1. The van der Waals surface area contributed by atoms with Crippen molar-refractivity contribution in [3.63, 3.8) is 0 Å². The summed E-state index contributed by atoms with van der Waals surface area (Å²) in [5, 5.41) is 11.0. The third kappa shape index (κ3) is 2.03. The van der Waals surface area contributed by atoms with Crippen LogP contribution in [0.5, 0.6) is 5.75 Å². The van der Waals surface area contributed by atoms with E-state index in [0.717, 1.165) is 25.0 Å². The van der Waals surface area contributed by atoms with Crippen LogP contribution in [0.15, 0.2) is 12.1 Å². The molecule has 96 valence electrons. The van der Waals surface area contributed by atoms with Gasteiger partial charge in [0.15, 0.2) is 0 Å². The van der Waals surface area contributed by atoms with Crippen LogP contribution in [0, 0.1) is 0 Å². The molecule has 1 heterocycles. The molecule has 1 aliphatic carbocycles. The van der Waals surface area contributed by atoms with Crippen molar-refractivity contribution < 1.29 is 14.6 Å². The molecule has 1 aliphatic heterocycles. The third-order valence-corrected chi connectivity index (χ3v) is 3.78. The molecule has 1 atom stereocenters. The third-order valence-electron chi connectivity index (χ3n) is 3.78. The lowest BCUT2D eigenvalue weighted by atomic mass is 9.89. The lowest BCUT2D eigenvalue weighted by Crippen LogP contribution is -2.33. The predicted molar refractivity (Wildman–Crippen MR) is 67.2 cm³/mol. The van der Waals surface area contributed by atoms with Crippen LogP contribution in [0.25, 0.3) is 0 Å². The molecule has 4 nitrogen and oxygen atoms in total. The summed E-state index contributed by atoms with van der Waals surface area (Å²) in [4.78, 5) is 10.5. The van der Waals surface area contributed by atoms with Gasteiger partial charge in [0.1, 0.15) is 11.9 Å². The minimum absolute atomic E-state index is 0.0514. The number of carbonyl (C=O) groups is 1. The van der Waals surface area contributed by atoms with Gasteiger partial charge in [-0.2, -0.15) is 0 Å². The fourth-order valence-electron chi connectivity index (χ4n) is 2.92. The Hall–Kier alpha value is -1.71. The van der Waals surface area contributed by atoms with Gasteiger partial charge in [-0.3, -0.25) is 0 Å². The maximum Gasteiger partial charge on any atom is 0.404 e. The maximum absolute atomic E-state index is 10.5. The lowest BCUT2D eigenvalue weighted by molar-refractivity contribution is 0.180. The summed E-state index contributed by atoms with van der Waals surface area (Å²) < 4.78 is 5.93. The minimum atomic E-state index is -0.989. The fraction of sp³-hybridized carbons (Fsp3) is 0.500. The van der Waals surface area contributed by atoms with E-state index in [2.05, 4.69) is 17.4 Å². The Labute approximate surface area is 106 Å². The summed E-state index contributed by atoms with van der Waals surface area (Å²) >= 11 is 0. The van der Waals surface area contributed by atoms with Crippen molar-refractivity contribution in [1.29, 1.82) is 0 Å². The van der Waals surface area contributed by atoms with E-state index < -0.39 is 6.09 Å². The predicted octanol–water partition coefficient (Wildman–Crippen LogP) is 2.14. The van der Waals surface area contributed by atoms with Gasteiger partial charge in [0.2, 0.25) is 0 Å². The topological polar surface area (TPSA) is 58.6 Å². The molecule has 1 amide bonds. The van der Waals surface area contributed by atoms with Crippen LogP contribution in [-0.2, 0) is 19.3 Å². The number of carboxylic acid groups (broad SMARTS) is 1. The highest BCUT2D eigenvalue weighted by Gasteiger charge is 2.27. The van der Waals surface area contributed by atoms with Crippen molar-refractivity contribution >= 4 is 6.09 Å². The number of hydrogen-bond donors (Lipinski definition) is 2. The first-order valence-corrected chi connectivity index (χ1v) is 6.51. The van der Waals surface area contributed by atoms with Crippen molar-refractivity contribution in [2.75, 3.05) is 6.54 Å². The second-order valence-electron chi connectivity index (χ2n) is 5.03. The number of benzene rings is 1. The van der Waals surface area contributed by atoms with Gasteiger partial charge in [-0.25, -0.2) is 4.79 Å². The monoisotopic (exact) mass is 247 g/mol. The second-order valence-corrected chi connectivity index (χ2v) is 5.03. The zero-order chi connectivity index (χ0) is 12.5. The molecule has 0 saturated carbocycles. The van der Waals surface area contributed by atoms with E-state index in [1.165, 1.54) is 29.5 Å². The van der Waals surface area contributed by atoms with Crippen molar-refractivity contribution in [2.45, 2.75) is 38.2 Å². The van der Waals surface area contributed by atoms with E-state index in [9.17, 15) is 4.79 Å². The number of aryl methyl sites for hydroxylation is 1. The Balaban J connectivity index is 1.78. The standard InChI is InChI=1S/C14H17NO3/c16-14(17)15-8-11-7-10-6-5-9-3-1-2-4-12(9)13(10)18-11/h5-6,11,15H,1-4,7-8H2,(H,16,17). The number of ether oxygens (including phenoxy) is 1. The smallest absolute Gasteiger partial charge is 0.404 e. The maximum atomic E-state index is 10.5. The van der Waals surface area contributed by atoms with Crippen LogP contribution in [0.1, 0.15) is 29.5 Å². The van der Waals surface area contributed by atoms with E-state index in [1.54, 1.807) is 0 Å². The average Bonchev–Trinajstić information content (AvgIpc) is 2.79. The summed E-state index contributed by atoms with van der Waals surface area (Å²) in [6.45, 7) is 0.360. The normalized spacial score (nSPS) is 20.8. The Morgan fingerprint density at radius 1 is 1.33 bits per heavy atom. The molecule has 0 fully saturated rings. The highest BCUT2D eigenvalue weighted by atomic mass is 16.5. The molecule has 1 aromatic carbocycles. The van der Waals surface area contributed by atoms with Gasteiger partial charge in [-0.05, 0) is 42.4 Å². The van der Waals surface area contributed by atoms with Crippen LogP contribution >= 0.6 is 0 Å².